The molecule has 0 saturated heterocycles. The van der Waals surface area contributed by atoms with Gasteiger partial charge in [-0.15, -0.1) is 10.2 Å². The lowest BCUT2D eigenvalue weighted by Crippen LogP contribution is -2.28. The van der Waals surface area contributed by atoms with Gasteiger partial charge in [-0.05, 0) is 42.3 Å². The molecule has 4 rings (SSSR count). The van der Waals surface area contributed by atoms with Crippen LogP contribution in [0.2, 0.25) is 0 Å². The summed E-state index contributed by atoms with van der Waals surface area (Å²) in [5.41, 5.74) is 2.61. The Morgan fingerprint density at radius 2 is 1.64 bits per heavy atom. The molecule has 33 heavy (non-hydrogen) atoms. The molecule has 7 nitrogen and oxygen atoms in total. The van der Waals surface area contributed by atoms with Crippen LogP contribution in [0, 0.1) is 0 Å². The zero-order valence-electron chi connectivity index (χ0n) is 17.6. The summed E-state index contributed by atoms with van der Waals surface area (Å²) in [4.78, 5) is 24.4. The SMILES string of the molecule is O=C(CNC(=O)c1ccc(Br)cc1)N=Nc1c(O)n(CCc2ccccc2)c2ccccc12. The molecule has 4 aromatic rings. The van der Waals surface area contributed by atoms with E-state index in [2.05, 4.69) is 31.5 Å². The molecule has 0 atom stereocenters. The Bertz CT molecular complexity index is 1320. The van der Waals surface area contributed by atoms with Crippen molar-refractivity contribution in [1.29, 1.82) is 0 Å². The van der Waals surface area contributed by atoms with Crippen molar-refractivity contribution in [2.45, 2.75) is 13.0 Å². The van der Waals surface area contributed by atoms with Crippen LogP contribution in [0.5, 0.6) is 5.88 Å². The highest BCUT2D eigenvalue weighted by molar-refractivity contribution is 9.10. The monoisotopic (exact) mass is 504 g/mol. The highest BCUT2D eigenvalue weighted by Crippen LogP contribution is 2.38. The van der Waals surface area contributed by atoms with Crippen LogP contribution in [0.4, 0.5) is 5.69 Å². The number of carbonyl (C=O) groups is 2. The van der Waals surface area contributed by atoms with Crippen LogP contribution in [0.25, 0.3) is 10.9 Å². The molecule has 0 aliphatic rings. The second-order valence-electron chi connectivity index (χ2n) is 7.36. The number of aromatic hydroxyl groups is 1. The van der Waals surface area contributed by atoms with Gasteiger partial charge in [-0.3, -0.25) is 9.59 Å². The van der Waals surface area contributed by atoms with Crippen molar-refractivity contribution >= 4 is 44.3 Å². The van der Waals surface area contributed by atoms with Crippen LogP contribution in [0.15, 0.2) is 93.6 Å². The van der Waals surface area contributed by atoms with Crippen LogP contribution in [-0.2, 0) is 17.8 Å². The molecule has 0 unspecified atom stereocenters. The zero-order valence-corrected chi connectivity index (χ0v) is 19.2. The Balaban J connectivity index is 1.47. The number of hydrogen-bond donors (Lipinski definition) is 2. The van der Waals surface area contributed by atoms with Crippen molar-refractivity contribution < 1.29 is 14.7 Å². The van der Waals surface area contributed by atoms with Crippen molar-refractivity contribution in [1.82, 2.24) is 9.88 Å². The van der Waals surface area contributed by atoms with Crippen molar-refractivity contribution in [3.8, 4) is 5.88 Å². The number of carbonyl (C=O) groups excluding carboxylic acids is 2. The lowest BCUT2D eigenvalue weighted by molar-refractivity contribution is -0.117. The van der Waals surface area contributed by atoms with Crippen molar-refractivity contribution in [3.63, 3.8) is 0 Å². The molecular formula is C25H21BrN4O3. The van der Waals surface area contributed by atoms with E-state index in [1.54, 1.807) is 28.8 Å². The number of azo groups is 1. The van der Waals surface area contributed by atoms with Gasteiger partial charge in [0.25, 0.3) is 11.8 Å². The minimum absolute atomic E-state index is 0.0532. The third kappa shape index (κ3) is 5.35. The third-order valence-electron chi connectivity index (χ3n) is 5.15. The van der Waals surface area contributed by atoms with E-state index in [0.717, 1.165) is 22.0 Å². The van der Waals surface area contributed by atoms with Crippen molar-refractivity contribution in [3.05, 3.63) is 94.5 Å². The van der Waals surface area contributed by atoms with Gasteiger partial charge in [0.15, 0.2) is 5.69 Å². The first-order valence-electron chi connectivity index (χ1n) is 10.4. The summed E-state index contributed by atoms with van der Waals surface area (Å²) < 4.78 is 2.61. The van der Waals surface area contributed by atoms with Crippen LogP contribution in [0.1, 0.15) is 15.9 Å². The quantitative estimate of drug-likeness (QED) is 0.330. The fourth-order valence-corrected chi connectivity index (χ4v) is 3.75. The summed E-state index contributed by atoms with van der Waals surface area (Å²) in [5, 5.41) is 21.8. The van der Waals surface area contributed by atoms with Gasteiger partial charge in [0.05, 0.1) is 5.52 Å². The number of rotatable bonds is 7. The molecule has 0 fully saturated rings. The van der Waals surface area contributed by atoms with Crippen LogP contribution in [0.3, 0.4) is 0 Å². The number of fused-ring (bicyclic) bond motifs is 1. The number of nitrogens with zero attached hydrogens (tertiary/aromatic N) is 3. The lowest BCUT2D eigenvalue weighted by Gasteiger charge is -2.07. The molecular weight excluding hydrogens is 484 g/mol. The Hall–Kier alpha value is -3.78. The molecule has 1 aromatic heterocycles. The molecule has 166 valence electrons. The first-order valence-corrected chi connectivity index (χ1v) is 11.1. The van der Waals surface area contributed by atoms with E-state index in [-0.39, 0.29) is 24.0 Å². The molecule has 0 radical (unpaired) electrons. The Kier molecular flexibility index (Phi) is 6.95. The summed E-state index contributed by atoms with van der Waals surface area (Å²) in [6, 6.07) is 24.2. The molecule has 3 aromatic carbocycles. The average molecular weight is 505 g/mol. The van der Waals surface area contributed by atoms with Gasteiger partial charge >= 0.3 is 0 Å². The summed E-state index contributed by atoms with van der Waals surface area (Å²) in [6.07, 6.45) is 0.727. The molecule has 1 heterocycles. The summed E-state index contributed by atoms with van der Waals surface area (Å²) in [5.74, 6) is -1.06. The lowest BCUT2D eigenvalue weighted by atomic mass is 10.1. The molecule has 8 heteroatoms. The fourth-order valence-electron chi connectivity index (χ4n) is 3.48. The highest BCUT2D eigenvalue weighted by Gasteiger charge is 2.17. The maximum atomic E-state index is 12.2. The molecule has 0 saturated carbocycles. The fraction of sp³-hybridized carbons (Fsp3) is 0.120. The topological polar surface area (TPSA) is 96.1 Å². The number of para-hydroxylation sites is 1. The minimum Gasteiger partial charge on any atom is -0.493 e. The van der Waals surface area contributed by atoms with Crippen LogP contribution >= 0.6 is 15.9 Å². The normalized spacial score (nSPS) is 11.2. The van der Waals surface area contributed by atoms with E-state index in [1.165, 1.54) is 0 Å². The second kappa shape index (κ2) is 10.2. The van der Waals surface area contributed by atoms with E-state index in [4.69, 9.17) is 0 Å². The van der Waals surface area contributed by atoms with Gasteiger partial charge < -0.3 is 15.0 Å². The standard InChI is InChI=1S/C25H21BrN4O3/c26-19-12-10-18(11-13-19)24(32)27-16-22(31)28-29-23-20-8-4-5-9-21(20)30(25(23)33)15-14-17-6-2-1-3-7-17/h1-13,33H,14-16H2,(H,27,32). The zero-order chi connectivity index (χ0) is 23.2. The van der Waals surface area contributed by atoms with Gasteiger partial charge in [0.2, 0.25) is 5.88 Å². The van der Waals surface area contributed by atoms with E-state index in [1.807, 2.05) is 54.6 Å². The highest BCUT2D eigenvalue weighted by atomic mass is 79.9. The predicted molar refractivity (Wildman–Crippen MR) is 130 cm³/mol. The van der Waals surface area contributed by atoms with Gasteiger partial charge in [-0.2, -0.15) is 0 Å². The maximum absolute atomic E-state index is 12.2. The largest absolute Gasteiger partial charge is 0.493 e. The van der Waals surface area contributed by atoms with E-state index < -0.39 is 5.91 Å². The van der Waals surface area contributed by atoms with Gasteiger partial charge in [-0.25, -0.2) is 0 Å². The number of hydrogen-bond acceptors (Lipinski definition) is 4. The first-order chi connectivity index (χ1) is 16.0. The minimum atomic E-state index is -0.624. The maximum Gasteiger partial charge on any atom is 0.283 e. The van der Waals surface area contributed by atoms with Crippen molar-refractivity contribution in [2.75, 3.05) is 6.54 Å². The van der Waals surface area contributed by atoms with Crippen LogP contribution < -0.4 is 5.32 Å². The summed E-state index contributed by atoms with van der Waals surface area (Å²) >= 11 is 3.31. The molecule has 0 aliphatic carbocycles. The van der Waals surface area contributed by atoms with E-state index >= 15 is 0 Å². The van der Waals surface area contributed by atoms with Gasteiger partial charge in [0.1, 0.15) is 6.54 Å². The Morgan fingerprint density at radius 1 is 0.939 bits per heavy atom. The number of halogens is 1. The Labute approximate surface area is 198 Å². The number of amides is 2. The van der Waals surface area contributed by atoms with Crippen LogP contribution in [-0.4, -0.2) is 28.0 Å². The van der Waals surface area contributed by atoms with E-state index in [0.29, 0.717) is 17.5 Å². The van der Waals surface area contributed by atoms with Gasteiger partial charge in [0, 0.05) is 22.0 Å². The molecule has 0 bridgehead atoms. The predicted octanol–water partition coefficient (Wildman–Crippen LogP) is 5.39. The number of aromatic nitrogens is 1. The summed E-state index contributed by atoms with van der Waals surface area (Å²) in [6.45, 7) is 0.245. The molecule has 2 N–H and O–H groups in total. The van der Waals surface area contributed by atoms with E-state index in [9.17, 15) is 14.7 Å². The van der Waals surface area contributed by atoms with Gasteiger partial charge in [-0.1, -0.05) is 64.5 Å². The molecule has 0 spiro atoms. The second-order valence-corrected chi connectivity index (χ2v) is 8.28. The smallest absolute Gasteiger partial charge is 0.283 e. The molecule has 0 aliphatic heterocycles. The van der Waals surface area contributed by atoms with Crippen molar-refractivity contribution in [2.24, 2.45) is 10.2 Å². The number of benzene rings is 3. The number of nitrogens with one attached hydrogen (secondary N) is 1. The summed E-state index contributed by atoms with van der Waals surface area (Å²) in [7, 11) is 0. The molecule has 2 amide bonds. The average Bonchev–Trinajstić information content (AvgIpc) is 3.11. The Morgan fingerprint density at radius 3 is 2.39 bits per heavy atom. The third-order valence-corrected chi connectivity index (χ3v) is 5.68. The first kappa shape index (κ1) is 22.4. The number of aryl methyl sites for hydroxylation is 2.